The van der Waals surface area contributed by atoms with Crippen molar-refractivity contribution in [1.29, 1.82) is 0 Å². The van der Waals surface area contributed by atoms with Crippen molar-refractivity contribution in [3.05, 3.63) is 52.7 Å². The van der Waals surface area contributed by atoms with Gasteiger partial charge >= 0.3 is 0 Å². The molecule has 34 heavy (non-hydrogen) atoms. The van der Waals surface area contributed by atoms with E-state index < -0.39 is 0 Å². The number of ether oxygens (including phenoxy) is 1. The van der Waals surface area contributed by atoms with E-state index in [9.17, 15) is 9.90 Å². The fourth-order valence-corrected chi connectivity index (χ4v) is 4.90. The Hall–Kier alpha value is -3.10. The molecule has 0 spiro atoms. The number of amides is 1. The van der Waals surface area contributed by atoms with Crippen molar-refractivity contribution in [3.8, 4) is 11.5 Å². The first-order chi connectivity index (χ1) is 16.5. The molecule has 3 heterocycles. The van der Waals surface area contributed by atoms with E-state index in [0.717, 1.165) is 60.6 Å². The Morgan fingerprint density at radius 1 is 1.15 bits per heavy atom. The van der Waals surface area contributed by atoms with E-state index in [4.69, 9.17) is 4.74 Å². The van der Waals surface area contributed by atoms with E-state index in [1.165, 1.54) is 12.8 Å². The molecular formula is C26H33N5O3. The number of hydrogen-bond acceptors (Lipinski definition) is 6. The highest BCUT2D eigenvalue weighted by atomic mass is 16.5. The minimum absolute atomic E-state index is 0.0300. The lowest BCUT2D eigenvalue weighted by Crippen LogP contribution is -2.25. The number of phenols is 1. The Morgan fingerprint density at radius 3 is 2.74 bits per heavy atom. The van der Waals surface area contributed by atoms with Gasteiger partial charge in [0.15, 0.2) is 0 Å². The number of nitrogens with one attached hydrogen (secondary N) is 1. The van der Waals surface area contributed by atoms with Gasteiger partial charge in [0, 0.05) is 37.6 Å². The van der Waals surface area contributed by atoms with Crippen LogP contribution in [0.3, 0.4) is 0 Å². The lowest BCUT2D eigenvalue weighted by molar-refractivity contribution is 0.0748. The highest BCUT2D eigenvalue weighted by Crippen LogP contribution is 2.32. The number of carbonyl (C=O) groups is 1. The van der Waals surface area contributed by atoms with Crippen LogP contribution in [0.15, 0.2) is 30.3 Å². The number of fused-ring (bicyclic) bond motifs is 2. The number of benzene rings is 2. The Bertz CT molecular complexity index is 1180. The Balaban J connectivity index is 1.29. The summed E-state index contributed by atoms with van der Waals surface area (Å²) in [7, 11) is 4.11. The third kappa shape index (κ3) is 4.74. The minimum Gasteiger partial charge on any atom is -0.507 e. The molecule has 1 aromatic heterocycles. The van der Waals surface area contributed by atoms with Crippen molar-refractivity contribution >= 4 is 16.8 Å². The van der Waals surface area contributed by atoms with Gasteiger partial charge in [0.1, 0.15) is 11.5 Å². The van der Waals surface area contributed by atoms with Gasteiger partial charge in [-0.15, -0.1) is 0 Å². The van der Waals surface area contributed by atoms with Gasteiger partial charge in [-0.2, -0.15) is 5.10 Å². The lowest BCUT2D eigenvalue weighted by Gasteiger charge is -2.17. The van der Waals surface area contributed by atoms with Gasteiger partial charge < -0.3 is 19.6 Å². The van der Waals surface area contributed by atoms with Gasteiger partial charge in [-0.25, -0.2) is 0 Å². The average molecular weight is 464 g/mol. The number of H-pyrrole nitrogens is 1. The minimum atomic E-state index is -0.169. The van der Waals surface area contributed by atoms with Crippen LogP contribution in [0.25, 0.3) is 10.9 Å². The molecular weight excluding hydrogens is 430 g/mol. The maximum atomic E-state index is 13.4. The van der Waals surface area contributed by atoms with E-state index in [1.807, 2.05) is 18.2 Å². The molecule has 2 N–H and O–H groups in total. The average Bonchev–Trinajstić information content (AvgIpc) is 3.56. The second-order valence-corrected chi connectivity index (χ2v) is 9.67. The Kier molecular flexibility index (Phi) is 6.43. The van der Waals surface area contributed by atoms with Crippen molar-refractivity contribution < 1.29 is 14.6 Å². The summed E-state index contributed by atoms with van der Waals surface area (Å²) in [6.45, 7) is 5.62. The number of aromatic amines is 1. The standard InChI is InChI=1S/C26H33N5O3/c1-29(2)8-5-11-34-20-7-6-18-15-31(16-19(18)12-20)26(33)22-13-21-23(14-25(22)32)27-28-24(21)17-30-9-3-4-10-30/h6-7,12-14,32H,3-5,8-11,15-17H2,1-2H3,(H,27,28). The zero-order valence-corrected chi connectivity index (χ0v) is 20.0. The molecule has 0 atom stereocenters. The van der Waals surface area contributed by atoms with Crippen molar-refractivity contribution in [2.75, 3.05) is 40.3 Å². The van der Waals surface area contributed by atoms with Crippen LogP contribution in [0.4, 0.5) is 0 Å². The molecule has 1 saturated heterocycles. The number of aromatic nitrogens is 2. The molecule has 0 aliphatic carbocycles. The topological polar surface area (TPSA) is 84.9 Å². The van der Waals surface area contributed by atoms with Crippen LogP contribution in [0, 0.1) is 0 Å². The predicted molar refractivity (Wildman–Crippen MR) is 131 cm³/mol. The van der Waals surface area contributed by atoms with Crippen LogP contribution >= 0.6 is 0 Å². The highest BCUT2D eigenvalue weighted by molar-refractivity contribution is 6.01. The summed E-state index contributed by atoms with van der Waals surface area (Å²) >= 11 is 0. The largest absolute Gasteiger partial charge is 0.507 e. The third-order valence-electron chi connectivity index (χ3n) is 6.77. The van der Waals surface area contributed by atoms with Crippen LogP contribution in [0.2, 0.25) is 0 Å². The van der Waals surface area contributed by atoms with Crippen LogP contribution < -0.4 is 4.74 Å². The molecule has 8 heteroatoms. The van der Waals surface area contributed by atoms with Crippen LogP contribution in [-0.2, 0) is 19.6 Å². The molecule has 5 rings (SSSR count). The van der Waals surface area contributed by atoms with Crippen molar-refractivity contribution in [1.82, 2.24) is 24.9 Å². The lowest BCUT2D eigenvalue weighted by atomic mass is 10.1. The van der Waals surface area contributed by atoms with E-state index in [0.29, 0.717) is 30.8 Å². The van der Waals surface area contributed by atoms with Gasteiger partial charge in [-0.3, -0.25) is 14.8 Å². The van der Waals surface area contributed by atoms with Crippen LogP contribution in [0.1, 0.15) is 46.4 Å². The molecule has 2 aliphatic rings. The normalized spacial score (nSPS) is 16.0. The second kappa shape index (κ2) is 9.64. The SMILES string of the molecule is CN(C)CCCOc1ccc2c(c1)CN(C(=O)c1cc3c(CN4CCCC4)[nH]nc3cc1O)C2. The van der Waals surface area contributed by atoms with Gasteiger partial charge in [0.05, 0.1) is 23.4 Å². The summed E-state index contributed by atoms with van der Waals surface area (Å²) in [6, 6.07) is 9.43. The summed E-state index contributed by atoms with van der Waals surface area (Å²) in [5, 5.41) is 19.0. The molecule has 0 unspecified atom stereocenters. The summed E-state index contributed by atoms with van der Waals surface area (Å²) in [6.07, 6.45) is 3.40. The highest BCUT2D eigenvalue weighted by Gasteiger charge is 2.27. The fraction of sp³-hybridized carbons (Fsp3) is 0.462. The third-order valence-corrected chi connectivity index (χ3v) is 6.77. The summed E-state index contributed by atoms with van der Waals surface area (Å²) in [5.41, 5.74) is 4.21. The number of hydrogen-bond donors (Lipinski definition) is 2. The first-order valence-electron chi connectivity index (χ1n) is 12.1. The number of nitrogens with zero attached hydrogens (tertiary/aromatic N) is 4. The Labute approximate surface area is 200 Å². The van der Waals surface area contributed by atoms with Crippen LogP contribution in [-0.4, -0.2) is 76.2 Å². The molecule has 180 valence electrons. The summed E-state index contributed by atoms with van der Waals surface area (Å²) in [4.78, 5) is 19.7. The summed E-state index contributed by atoms with van der Waals surface area (Å²) in [5.74, 6) is 0.635. The van der Waals surface area contributed by atoms with Crippen molar-refractivity contribution in [2.45, 2.75) is 38.9 Å². The molecule has 1 fully saturated rings. The maximum Gasteiger partial charge on any atom is 0.258 e. The van der Waals surface area contributed by atoms with Gasteiger partial charge in [-0.05, 0) is 75.8 Å². The van der Waals surface area contributed by atoms with Crippen molar-refractivity contribution in [2.24, 2.45) is 0 Å². The predicted octanol–water partition coefficient (Wildman–Crippen LogP) is 3.35. The number of phenolic OH excluding ortho intramolecular Hbond substituents is 1. The molecule has 2 aromatic carbocycles. The van der Waals surface area contributed by atoms with E-state index >= 15 is 0 Å². The number of likely N-dealkylation sites (tertiary alicyclic amines) is 1. The molecule has 8 nitrogen and oxygen atoms in total. The summed E-state index contributed by atoms with van der Waals surface area (Å²) < 4.78 is 5.90. The zero-order chi connectivity index (χ0) is 23.7. The van der Waals surface area contributed by atoms with Gasteiger partial charge in [0.2, 0.25) is 0 Å². The van der Waals surface area contributed by atoms with Gasteiger partial charge in [-0.1, -0.05) is 6.07 Å². The van der Waals surface area contributed by atoms with Crippen LogP contribution in [0.5, 0.6) is 11.5 Å². The first kappa shape index (κ1) is 22.7. The monoisotopic (exact) mass is 463 g/mol. The molecule has 1 amide bonds. The maximum absolute atomic E-state index is 13.4. The van der Waals surface area contributed by atoms with E-state index in [2.05, 4.69) is 34.1 Å². The smallest absolute Gasteiger partial charge is 0.258 e. The number of rotatable bonds is 8. The number of aromatic hydroxyl groups is 1. The molecule has 0 bridgehead atoms. The van der Waals surface area contributed by atoms with E-state index in [1.54, 1.807) is 17.0 Å². The Morgan fingerprint density at radius 2 is 1.94 bits per heavy atom. The zero-order valence-electron chi connectivity index (χ0n) is 20.0. The fourth-order valence-electron chi connectivity index (χ4n) is 4.90. The second-order valence-electron chi connectivity index (χ2n) is 9.67. The molecule has 3 aromatic rings. The molecule has 0 radical (unpaired) electrons. The van der Waals surface area contributed by atoms with E-state index in [-0.39, 0.29) is 11.7 Å². The number of carbonyl (C=O) groups excluding carboxylic acids is 1. The molecule has 2 aliphatic heterocycles. The first-order valence-corrected chi connectivity index (χ1v) is 12.1. The van der Waals surface area contributed by atoms with Gasteiger partial charge in [0.25, 0.3) is 5.91 Å². The van der Waals surface area contributed by atoms with Crippen molar-refractivity contribution in [3.63, 3.8) is 0 Å². The quantitative estimate of drug-likeness (QED) is 0.499. The molecule has 0 saturated carbocycles.